The SMILES string of the molecule is NC(Cc1cn2ccsc2n1)Cc1ccccc1F. The van der Waals surface area contributed by atoms with Gasteiger partial charge in [0.1, 0.15) is 5.82 Å². The summed E-state index contributed by atoms with van der Waals surface area (Å²) in [5.74, 6) is -0.191. The van der Waals surface area contributed by atoms with Crippen molar-refractivity contribution in [3.63, 3.8) is 0 Å². The second-order valence-electron chi connectivity index (χ2n) is 4.58. The zero-order chi connectivity index (χ0) is 13.2. The number of fused-ring (bicyclic) bond motifs is 1. The van der Waals surface area contributed by atoms with Crippen molar-refractivity contribution in [1.82, 2.24) is 9.38 Å². The number of thiazole rings is 1. The lowest BCUT2D eigenvalue weighted by Gasteiger charge is -2.10. The molecule has 5 heteroatoms. The van der Waals surface area contributed by atoms with Crippen LogP contribution in [0.4, 0.5) is 4.39 Å². The normalized spacial score (nSPS) is 12.9. The van der Waals surface area contributed by atoms with Crippen LogP contribution < -0.4 is 5.73 Å². The molecule has 3 nitrogen and oxygen atoms in total. The highest BCUT2D eigenvalue weighted by atomic mass is 32.1. The van der Waals surface area contributed by atoms with E-state index in [2.05, 4.69) is 4.98 Å². The smallest absolute Gasteiger partial charge is 0.193 e. The third-order valence-corrected chi connectivity index (χ3v) is 3.83. The number of halogens is 1. The Balaban J connectivity index is 1.70. The van der Waals surface area contributed by atoms with E-state index in [1.807, 2.05) is 28.2 Å². The fourth-order valence-corrected chi connectivity index (χ4v) is 2.88. The van der Waals surface area contributed by atoms with Gasteiger partial charge in [-0.3, -0.25) is 4.40 Å². The van der Waals surface area contributed by atoms with Crippen LogP contribution in [0, 0.1) is 5.82 Å². The molecule has 2 aromatic heterocycles. The Bertz CT molecular complexity index is 660. The van der Waals surface area contributed by atoms with Gasteiger partial charge in [-0.1, -0.05) is 18.2 Å². The molecule has 0 aliphatic heterocycles. The van der Waals surface area contributed by atoms with E-state index in [1.54, 1.807) is 23.5 Å². The lowest BCUT2D eigenvalue weighted by molar-refractivity contribution is 0.582. The van der Waals surface area contributed by atoms with Crippen molar-refractivity contribution in [3.8, 4) is 0 Å². The minimum absolute atomic E-state index is 0.124. The molecule has 19 heavy (non-hydrogen) atoms. The Hall–Kier alpha value is -1.72. The van der Waals surface area contributed by atoms with Crippen LogP contribution in [-0.4, -0.2) is 15.4 Å². The van der Waals surface area contributed by atoms with Crippen molar-refractivity contribution >= 4 is 16.3 Å². The molecule has 98 valence electrons. The van der Waals surface area contributed by atoms with Crippen LogP contribution in [0.1, 0.15) is 11.3 Å². The monoisotopic (exact) mass is 275 g/mol. The molecule has 0 fully saturated rings. The Labute approximate surface area is 114 Å². The van der Waals surface area contributed by atoms with Crippen molar-refractivity contribution in [2.24, 2.45) is 5.73 Å². The Kier molecular flexibility index (Phi) is 3.31. The standard InChI is InChI=1S/C14H14FN3S/c15-13-4-2-1-3-10(13)7-11(16)8-12-9-18-5-6-19-14(18)17-12/h1-6,9,11H,7-8,16H2. The van der Waals surface area contributed by atoms with Crippen molar-refractivity contribution in [3.05, 3.63) is 59.1 Å². The first-order valence-corrected chi connectivity index (χ1v) is 7.00. The zero-order valence-corrected chi connectivity index (χ0v) is 11.1. The summed E-state index contributed by atoms with van der Waals surface area (Å²) in [6.07, 6.45) is 5.13. The Morgan fingerprint density at radius 2 is 2.16 bits per heavy atom. The van der Waals surface area contributed by atoms with Crippen LogP contribution in [0.25, 0.3) is 4.96 Å². The fraction of sp³-hybridized carbons (Fsp3) is 0.214. The third-order valence-electron chi connectivity index (χ3n) is 3.05. The molecule has 1 atom stereocenters. The maximum atomic E-state index is 13.5. The molecule has 0 aliphatic carbocycles. The summed E-state index contributed by atoms with van der Waals surface area (Å²) >= 11 is 1.59. The molecule has 0 saturated heterocycles. The number of hydrogen-bond donors (Lipinski definition) is 1. The van der Waals surface area contributed by atoms with Crippen molar-refractivity contribution in [2.75, 3.05) is 0 Å². The molecule has 1 unspecified atom stereocenters. The minimum Gasteiger partial charge on any atom is -0.327 e. The average Bonchev–Trinajstić information content (AvgIpc) is 2.92. The largest absolute Gasteiger partial charge is 0.327 e. The molecule has 2 N–H and O–H groups in total. The first-order chi connectivity index (χ1) is 9.22. The van der Waals surface area contributed by atoms with E-state index in [1.165, 1.54) is 6.07 Å². The topological polar surface area (TPSA) is 43.3 Å². The van der Waals surface area contributed by atoms with Gasteiger partial charge in [0.05, 0.1) is 5.69 Å². The predicted molar refractivity (Wildman–Crippen MR) is 74.9 cm³/mol. The van der Waals surface area contributed by atoms with Gasteiger partial charge < -0.3 is 5.73 Å². The van der Waals surface area contributed by atoms with Crippen LogP contribution in [0.2, 0.25) is 0 Å². The number of imidazole rings is 1. The van der Waals surface area contributed by atoms with E-state index in [0.29, 0.717) is 18.4 Å². The van der Waals surface area contributed by atoms with Crippen LogP contribution >= 0.6 is 11.3 Å². The highest BCUT2D eigenvalue weighted by molar-refractivity contribution is 7.15. The molecule has 0 amide bonds. The molecular formula is C14H14FN3S. The molecular weight excluding hydrogens is 261 g/mol. The van der Waals surface area contributed by atoms with Gasteiger partial charge >= 0.3 is 0 Å². The molecule has 3 aromatic rings. The lowest BCUT2D eigenvalue weighted by Crippen LogP contribution is -2.26. The van der Waals surface area contributed by atoms with Crippen LogP contribution in [0.3, 0.4) is 0 Å². The predicted octanol–water partition coefficient (Wildman–Crippen LogP) is 2.65. The Morgan fingerprint density at radius 1 is 1.32 bits per heavy atom. The van der Waals surface area contributed by atoms with Gasteiger partial charge in [-0.15, -0.1) is 11.3 Å². The van der Waals surface area contributed by atoms with Gasteiger partial charge in [0, 0.05) is 30.2 Å². The summed E-state index contributed by atoms with van der Waals surface area (Å²) in [6, 6.07) is 6.64. The maximum Gasteiger partial charge on any atom is 0.193 e. The van der Waals surface area contributed by atoms with E-state index >= 15 is 0 Å². The first-order valence-electron chi connectivity index (χ1n) is 6.12. The summed E-state index contributed by atoms with van der Waals surface area (Å²) in [5, 5.41) is 1.99. The number of benzene rings is 1. The summed E-state index contributed by atoms with van der Waals surface area (Å²) in [7, 11) is 0. The van der Waals surface area contributed by atoms with Crippen molar-refractivity contribution in [2.45, 2.75) is 18.9 Å². The van der Waals surface area contributed by atoms with Crippen molar-refractivity contribution < 1.29 is 4.39 Å². The number of nitrogens with two attached hydrogens (primary N) is 1. The number of rotatable bonds is 4. The van der Waals surface area contributed by atoms with Crippen molar-refractivity contribution in [1.29, 1.82) is 0 Å². The minimum atomic E-state index is -0.191. The van der Waals surface area contributed by atoms with E-state index in [0.717, 1.165) is 10.7 Å². The number of hydrogen-bond acceptors (Lipinski definition) is 3. The highest BCUT2D eigenvalue weighted by Crippen LogP contribution is 2.14. The zero-order valence-electron chi connectivity index (χ0n) is 10.3. The molecule has 0 radical (unpaired) electrons. The summed E-state index contributed by atoms with van der Waals surface area (Å²) < 4.78 is 15.5. The van der Waals surface area contributed by atoms with Gasteiger partial charge in [0.2, 0.25) is 0 Å². The van der Waals surface area contributed by atoms with Gasteiger partial charge in [-0.25, -0.2) is 9.37 Å². The maximum absolute atomic E-state index is 13.5. The quantitative estimate of drug-likeness (QED) is 0.795. The van der Waals surface area contributed by atoms with Crippen LogP contribution in [0.5, 0.6) is 0 Å². The third kappa shape index (κ3) is 2.67. The Morgan fingerprint density at radius 3 is 2.95 bits per heavy atom. The second-order valence-corrected chi connectivity index (χ2v) is 5.46. The van der Waals surface area contributed by atoms with Gasteiger partial charge in [0.25, 0.3) is 0 Å². The number of aromatic nitrogens is 2. The first kappa shape index (κ1) is 12.3. The molecule has 0 aliphatic rings. The van der Waals surface area contributed by atoms with E-state index < -0.39 is 0 Å². The molecule has 0 bridgehead atoms. The van der Waals surface area contributed by atoms with Crippen LogP contribution in [-0.2, 0) is 12.8 Å². The fourth-order valence-electron chi connectivity index (χ4n) is 2.16. The molecule has 0 spiro atoms. The average molecular weight is 275 g/mol. The van der Waals surface area contributed by atoms with Gasteiger partial charge in [0.15, 0.2) is 4.96 Å². The lowest BCUT2D eigenvalue weighted by atomic mass is 10.0. The van der Waals surface area contributed by atoms with E-state index in [9.17, 15) is 4.39 Å². The molecule has 3 rings (SSSR count). The molecule has 0 saturated carbocycles. The summed E-state index contributed by atoms with van der Waals surface area (Å²) in [4.78, 5) is 5.45. The molecule has 2 heterocycles. The van der Waals surface area contributed by atoms with Crippen LogP contribution in [0.15, 0.2) is 42.0 Å². The summed E-state index contributed by atoms with van der Waals surface area (Å²) in [6.45, 7) is 0. The second kappa shape index (κ2) is 5.11. The summed E-state index contributed by atoms with van der Waals surface area (Å²) in [5.41, 5.74) is 7.70. The highest BCUT2D eigenvalue weighted by Gasteiger charge is 2.11. The van der Waals surface area contributed by atoms with E-state index in [4.69, 9.17) is 5.73 Å². The number of nitrogens with zero attached hydrogens (tertiary/aromatic N) is 2. The van der Waals surface area contributed by atoms with Gasteiger partial charge in [-0.2, -0.15) is 0 Å². The van der Waals surface area contributed by atoms with E-state index in [-0.39, 0.29) is 11.9 Å². The van der Waals surface area contributed by atoms with Gasteiger partial charge in [-0.05, 0) is 18.1 Å². The molecule has 1 aromatic carbocycles.